The maximum absolute atomic E-state index is 12.2. The lowest BCUT2D eigenvalue weighted by Gasteiger charge is -2.14. The number of nitrogens with one attached hydrogen (secondary N) is 1. The van der Waals surface area contributed by atoms with E-state index in [2.05, 4.69) is 31.1 Å². The van der Waals surface area contributed by atoms with E-state index in [1.165, 1.54) is 11.8 Å². The summed E-state index contributed by atoms with van der Waals surface area (Å²) >= 11 is 3.01. The molecule has 1 amide bonds. The van der Waals surface area contributed by atoms with E-state index in [0.717, 1.165) is 10.0 Å². The van der Waals surface area contributed by atoms with Gasteiger partial charge in [0.15, 0.2) is 4.34 Å². The van der Waals surface area contributed by atoms with Crippen molar-refractivity contribution >= 4 is 34.7 Å². The van der Waals surface area contributed by atoms with E-state index in [-0.39, 0.29) is 11.3 Å². The molecular formula is C17H22N2O3S2. The van der Waals surface area contributed by atoms with Crippen LogP contribution in [0.1, 0.15) is 26.5 Å². The molecule has 0 unspecified atom stereocenters. The standard InChI is InChI=1S/C17H22N2O3S2/c1-17(2,3)14-9-23-16(19-14)24-10-15(20)18-11-6-12(21-4)8-13(7-11)22-5/h6-9H,10H2,1-5H3,(H,18,20). The van der Waals surface area contributed by atoms with Crippen molar-refractivity contribution in [2.24, 2.45) is 0 Å². The van der Waals surface area contributed by atoms with Gasteiger partial charge in [-0.1, -0.05) is 32.5 Å². The molecule has 0 aliphatic carbocycles. The van der Waals surface area contributed by atoms with Crippen molar-refractivity contribution in [3.8, 4) is 11.5 Å². The van der Waals surface area contributed by atoms with Crippen molar-refractivity contribution in [1.82, 2.24) is 4.98 Å². The summed E-state index contributed by atoms with van der Waals surface area (Å²) in [6.45, 7) is 6.37. The summed E-state index contributed by atoms with van der Waals surface area (Å²) in [6, 6.07) is 5.27. The fourth-order valence-electron chi connectivity index (χ4n) is 1.87. The van der Waals surface area contributed by atoms with Crippen molar-refractivity contribution in [3.05, 3.63) is 29.3 Å². The Morgan fingerprint density at radius 1 is 1.21 bits per heavy atom. The molecule has 0 aliphatic heterocycles. The summed E-state index contributed by atoms with van der Waals surface area (Å²) in [5.41, 5.74) is 1.72. The van der Waals surface area contributed by atoms with Crippen LogP contribution in [0, 0.1) is 0 Å². The number of hydrogen-bond donors (Lipinski definition) is 1. The largest absolute Gasteiger partial charge is 0.497 e. The fourth-order valence-corrected chi connectivity index (χ4v) is 3.72. The molecule has 1 aromatic carbocycles. The summed E-state index contributed by atoms with van der Waals surface area (Å²) in [6.07, 6.45) is 0. The van der Waals surface area contributed by atoms with Gasteiger partial charge < -0.3 is 14.8 Å². The molecule has 2 aromatic rings. The molecule has 0 aliphatic rings. The lowest BCUT2D eigenvalue weighted by molar-refractivity contribution is -0.113. The first-order valence-electron chi connectivity index (χ1n) is 7.43. The third-order valence-electron chi connectivity index (χ3n) is 3.21. The highest BCUT2D eigenvalue weighted by molar-refractivity contribution is 8.01. The minimum atomic E-state index is -0.0946. The maximum Gasteiger partial charge on any atom is 0.234 e. The lowest BCUT2D eigenvalue weighted by Crippen LogP contribution is -2.14. The summed E-state index contributed by atoms with van der Waals surface area (Å²) in [4.78, 5) is 16.7. The van der Waals surface area contributed by atoms with Gasteiger partial charge in [-0.05, 0) is 0 Å². The van der Waals surface area contributed by atoms with E-state index >= 15 is 0 Å². The monoisotopic (exact) mass is 366 g/mol. The van der Waals surface area contributed by atoms with Crippen LogP contribution in [0.25, 0.3) is 0 Å². The van der Waals surface area contributed by atoms with Gasteiger partial charge in [0.2, 0.25) is 5.91 Å². The van der Waals surface area contributed by atoms with E-state index in [0.29, 0.717) is 22.9 Å². The molecule has 0 fully saturated rings. The van der Waals surface area contributed by atoms with Crippen LogP contribution in [0.5, 0.6) is 11.5 Å². The maximum atomic E-state index is 12.2. The Kier molecular flexibility index (Phi) is 6.12. The van der Waals surface area contributed by atoms with Crippen molar-refractivity contribution in [3.63, 3.8) is 0 Å². The van der Waals surface area contributed by atoms with Crippen molar-refractivity contribution < 1.29 is 14.3 Å². The Morgan fingerprint density at radius 3 is 2.33 bits per heavy atom. The smallest absolute Gasteiger partial charge is 0.234 e. The highest BCUT2D eigenvalue weighted by Crippen LogP contribution is 2.30. The molecular weight excluding hydrogens is 344 g/mol. The van der Waals surface area contributed by atoms with Gasteiger partial charge in [0, 0.05) is 34.7 Å². The summed E-state index contributed by atoms with van der Waals surface area (Å²) in [5, 5.41) is 4.90. The zero-order valence-electron chi connectivity index (χ0n) is 14.5. The summed E-state index contributed by atoms with van der Waals surface area (Å²) in [7, 11) is 3.15. The third-order valence-corrected chi connectivity index (χ3v) is 5.23. The number of rotatable bonds is 6. The first-order valence-corrected chi connectivity index (χ1v) is 9.30. The molecule has 1 N–H and O–H groups in total. The fraction of sp³-hybridized carbons (Fsp3) is 0.412. The second kappa shape index (κ2) is 7.90. The Hall–Kier alpha value is -1.73. The van der Waals surface area contributed by atoms with Gasteiger partial charge in [-0.25, -0.2) is 4.98 Å². The van der Waals surface area contributed by atoms with E-state index in [1.807, 2.05) is 5.38 Å². The van der Waals surface area contributed by atoms with Crippen molar-refractivity contribution in [2.45, 2.75) is 30.5 Å². The Bertz CT molecular complexity index is 686. The minimum absolute atomic E-state index is 0.0225. The summed E-state index contributed by atoms with van der Waals surface area (Å²) in [5.74, 6) is 1.47. The van der Waals surface area contributed by atoms with Crippen LogP contribution in [0.4, 0.5) is 5.69 Å². The quantitative estimate of drug-likeness (QED) is 0.777. The van der Waals surface area contributed by atoms with E-state index < -0.39 is 0 Å². The van der Waals surface area contributed by atoms with Crippen molar-refractivity contribution in [2.75, 3.05) is 25.3 Å². The number of thioether (sulfide) groups is 1. The molecule has 1 heterocycles. The molecule has 130 valence electrons. The first-order chi connectivity index (χ1) is 11.3. The first kappa shape index (κ1) is 18.6. The van der Waals surface area contributed by atoms with E-state index in [1.54, 1.807) is 43.8 Å². The molecule has 0 atom stereocenters. The zero-order chi connectivity index (χ0) is 17.7. The third kappa shape index (κ3) is 5.14. The number of ether oxygens (including phenoxy) is 2. The zero-order valence-corrected chi connectivity index (χ0v) is 16.1. The Labute approximate surface area is 150 Å². The normalized spacial score (nSPS) is 11.2. The van der Waals surface area contributed by atoms with Crippen LogP contribution < -0.4 is 14.8 Å². The number of nitrogens with zero attached hydrogens (tertiary/aromatic N) is 1. The highest BCUT2D eigenvalue weighted by Gasteiger charge is 2.18. The predicted molar refractivity (Wildman–Crippen MR) is 99.7 cm³/mol. The molecule has 0 radical (unpaired) electrons. The number of anilines is 1. The number of amides is 1. The molecule has 24 heavy (non-hydrogen) atoms. The number of carbonyl (C=O) groups excluding carboxylic acids is 1. The minimum Gasteiger partial charge on any atom is -0.497 e. The second-order valence-electron chi connectivity index (χ2n) is 6.19. The summed E-state index contributed by atoms with van der Waals surface area (Å²) < 4.78 is 11.3. The van der Waals surface area contributed by atoms with Gasteiger partial charge in [0.05, 0.1) is 25.7 Å². The molecule has 0 saturated carbocycles. The molecule has 5 nitrogen and oxygen atoms in total. The molecule has 0 saturated heterocycles. The number of thiazole rings is 1. The van der Waals surface area contributed by atoms with Gasteiger partial charge in [-0.15, -0.1) is 11.3 Å². The average Bonchev–Trinajstić information content (AvgIpc) is 3.01. The number of carbonyl (C=O) groups is 1. The SMILES string of the molecule is COc1cc(NC(=O)CSc2nc(C(C)(C)C)cs2)cc(OC)c1. The van der Waals surface area contributed by atoms with Crippen LogP contribution in [0.2, 0.25) is 0 Å². The van der Waals surface area contributed by atoms with Gasteiger partial charge in [0.25, 0.3) is 0 Å². The van der Waals surface area contributed by atoms with Gasteiger partial charge >= 0.3 is 0 Å². The van der Waals surface area contributed by atoms with Crippen LogP contribution in [-0.2, 0) is 10.2 Å². The second-order valence-corrected chi connectivity index (χ2v) is 8.27. The lowest BCUT2D eigenvalue weighted by atomic mass is 9.93. The topological polar surface area (TPSA) is 60.5 Å². The highest BCUT2D eigenvalue weighted by atomic mass is 32.2. The number of methoxy groups -OCH3 is 2. The Balaban J connectivity index is 1.95. The molecule has 0 spiro atoms. The number of benzene rings is 1. The molecule has 1 aromatic heterocycles. The van der Waals surface area contributed by atoms with Crippen LogP contribution in [-0.4, -0.2) is 30.9 Å². The van der Waals surface area contributed by atoms with E-state index in [4.69, 9.17) is 9.47 Å². The molecule has 2 rings (SSSR count). The van der Waals surface area contributed by atoms with Gasteiger partial charge in [0.1, 0.15) is 11.5 Å². The van der Waals surface area contributed by atoms with Gasteiger partial charge in [-0.2, -0.15) is 0 Å². The average molecular weight is 367 g/mol. The predicted octanol–water partition coefficient (Wildman–Crippen LogP) is 4.19. The van der Waals surface area contributed by atoms with Crippen LogP contribution >= 0.6 is 23.1 Å². The molecule has 7 heteroatoms. The molecule has 0 bridgehead atoms. The van der Waals surface area contributed by atoms with Crippen molar-refractivity contribution in [1.29, 1.82) is 0 Å². The Morgan fingerprint density at radius 2 is 1.83 bits per heavy atom. The van der Waals surface area contributed by atoms with Crippen LogP contribution in [0.15, 0.2) is 27.9 Å². The van der Waals surface area contributed by atoms with Gasteiger partial charge in [-0.3, -0.25) is 4.79 Å². The number of hydrogen-bond acceptors (Lipinski definition) is 6. The number of aromatic nitrogens is 1. The van der Waals surface area contributed by atoms with Crippen LogP contribution in [0.3, 0.4) is 0 Å². The van der Waals surface area contributed by atoms with E-state index in [9.17, 15) is 4.79 Å².